The Labute approximate surface area is 168 Å². The Morgan fingerprint density at radius 3 is 2.71 bits per heavy atom. The number of carbonyl (C=O) groups is 2. The highest BCUT2D eigenvalue weighted by Crippen LogP contribution is 2.23. The molecule has 0 saturated carbocycles. The van der Waals surface area contributed by atoms with Crippen LogP contribution in [0.1, 0.15) is 39.5 Å². The van der Waals surface area contributed by atoms with E-state index in [1.165, 1.54) is 18.9 Å². The van der Waals surface area contributed by atoms with Crippen molar-refractivity contribution in [2.45, 2.75) is 56.5 Å². The van der Waals surface area contributed by atoms with Crippen LogP contribution in [0.25, 0.3) is 10.9 Å². The fraction of sp³-hybridized carbons (Fsp3) is 0.500. The molecule has 0 aliphatic rings. The molecule has 2 aromatic rings. The number of aromatic nitrogens is 2. The standard InChI is InChI=1S/C20H27N3O4S/c1-4-21-18(25)14(2)28-20-22-16-11-8-7-10-15(16)19(26)23(20)13-9-5-6-12-17(24)27-3/h7-8,10-11,14H,4-6,9,12-13H2,1-3H3,(H,21,25)/t14-/m1/s1. The molecule has 8 heteroatoms. The molecule has 0 aliphatic carbocycles. The van der Waals surface area contributed by atoms with Crippen LogP contribution in [-0.2, 0) is 20.9 Å². The Morgan fingerprint density at radius 2 is 2.00 bits per heavy atom. The molecule has 0 saturated heterocycles. The molecule has 1 atom stereocenters. The van der Waals surface area contributed by atoms with Crippen LogP contribution in [0.2, 0.25) is 0 Å². The number of hydrogen-bond acceptors (Lipinski definition) is 6. The van der Waals surface area contributed by atoms with Gasteiger partial charge < -0.3 is 10.1 Å². The van der Waals surface area contributed by atoms with Crippen molar-refractivity contribution >= 4 is 34.5 Å². The summed E-state index contributed by atoms with van der Waals surface area (Å²) >= 11 is 1.29. The second-order valence-electron chi connectivity index (χ2n) is 6.41. The minimum atomic E-state index is -0.362. The molecular formula is C20H27N3O4S. The van der Waals surface area contributed by atoms with Gasteiger partial charge in [-0.25, -0.2) is 4.98 Å². The number of nitrogens with one attached hydrogen (secondary N) is 1. The van der Waals surface area contributed by atoms with Gasteiger partial charge in [-0.1, -0.05) is 30.3 Å². The number of benzene rings is 1. The minimum Gasteiger partial charge on any atom is -0.469 e. The van der Waals surface area contributed by atoms with Crippen molar-refractivity contribution in [3.8, 4) is 0 Å². The summed E-state index contributed by atoms with van der Waals surface area (Å²) in [5.41, 5.74) is 0.518. The van der Waals surface area contributed by atoms with E-state index in [-0.39, 0.29) is 22.7 Å². The normalized spacial score (nSPS) is 12.0. The van der Waals surface area contributed by atoms with Gasteiger partial charge in [-0.15, -0.1) is 0 Å². The van der Waals surface area contributed by atoms with Crippen molar-refractivity contribution in [1.29, 1.82) is 0 Å². The maximum absolute atomic E-state index is 13.0. The number of fused-ring (bicyclic) bond motifs is 1. The second-order valence-corrected chi connectivity index (χ2v) is 7.72. The van der Waals surface area contributed by atoms with Gasteiger partial charge in [0, 0.05) is 19.5 Å². The smallest absolute Gasteiger partial charge is 0.305 e. The molecule has 2 rings (SSSR count). The highest BCUT2D eigenvalue weighted by Gasteiger charge is 2.18. The maximum atomic E-state index is 13.0. The van der Waals surface area contributed by atoms with Crippen LogP contribution < -0.4 is 10.9 Å². The number of methoxy groups -OCH3 is 1. The Balaban J connectivity index is 2.20. The lowest BCUT2D eigenvalue weighted by atomic mass is 10.2. The van der Waals surface area contributed by atoms with Crippen molar-refractivity contribution < 1.29 is 14.3 Å². The first-order chi connectivity index (χ1) is 13.5. The lowest BCUT2D eigenvalue weighted by Crippen LogP contribution is -2.31. The van der Waals surface area contributed by atoms with Crippen LogP contribution in [0.15, 0.2) is 34.2 Å². The first kappa shape index (κ1) is 21.9. The number of hydrogen-bond donors (Lipinski definition) is 1. The molecule has 28 heavy (non-hydrogen) atoms. The molecule has 1 amide bonds. The summed E-state index contributed by atoms with van der Waals surface area (Å²) in [4.78, 5) is 40.9. The summed E-state index contributed by atoms with van der Waals surface area (Å²) in [5.74, 6) is -0.309. The van der Waals surface area contributed by atoms with Gasteiger partial charge in [0.05, 0.1) is 23.3 Å². The summed E-state index contributed by atoms with van der Waals surface area (Å²) in [5, 5.41) is 3.53. The largest absolute Gasteiger partial charge is 0.469 e. The molecule has 1 N–H and O–H groups in total. The molecule has 0 unspecified atom stereocenters. The van der Waals surface area contributed by atoms with E-state index in [0.717, 1.165) is 12.8 Å². The van der Waals surface area contributed by atoms with Crippen molar-refractivity contribution in [2.75, 3.05) is 13.7 Å². The van der Waals surface area contributed by atoms with E-state index >= 15 is 0 Å². The van der Waals surface area contributed by atoms with Crippen molar-refractivity contribution in [3.63, 3.8) is 0 Å². The summed E-state index contributed by atoms with van der Waals surface area (Å²) in [7, 11) is 1.38. The molecule has 152 valence electrons. The number of rotatable bonds is 10. The molecule has 1 aromatic heterocycles. The third-order valence-corrected chi connectivity index (χ3v) is 5.41. The summed E-state index contributed by atoms with van der Waals surface area (Å²) < 4.78 is 6.28. The molecular weight excluding hydrogens is 378 g/mol. The zero-order valence-electron chi connectivity index (χ0n) is 16.6. The van der Waals surface area contributed by atoms with E-state index in [9.17, 15) is 14.4 Å². The minimum absolute atomic E-state index is 0.0838. The average molecular weight is 406 g/mol. The zero-order chi connectivity index (χ0) is 20.5. The fourth-order valence-electron chi connectivity index (χ4n) is 2.78. The number of unbranched alkanes of at least 4 members (excludes halogenated alkanes) is 2. The van der Waals surface area contributed by atoms with Crippen LogP contribution in [0.5, 0.6) is 0 Å². The summed E-state index contributed by atoms with van der Waals surface area (Å²) in [6.45, 7) is 4.72. The number of amides is 1. The van der Waals surface area contributed by atoms with Gasteiger partial charge in [-0.05, 0) is 38.8 Å². The summed E-state index contributed by atoms with van der Waals surface area (Å²) in [6, 6.07) is 7.22. The predicted molar refractivity (Wildman–Crippen MR) is 110 cm³/mol. The highest BCUT2D eigenvalue weighted by molar-refractivity contribution is 8.00. The van der Waals surface area contributed by atoms with E-state index < -0.39 is 0 Å². The number of carbonyl (C=O) groups excluding carboxylic acids is 2. The lowest BCUT2D eigenvalue weighted by Gasteiger charge is -2.16. The molecule has 0 spiro atoms. The van der Waals surface area contributed by atoms with Crippen molar-refractivity contribution in [3.05, 3.63) is 34.6 Å². The van der Waals surface area contributed by atoms with Crippen LogP contribution >= 0.6 is 11.8 Å². The van der Waals surface area contributed by atoms with E-state index in [2.05, 4.69) is 15.0 Å². The van der Waals surface area contributed by atoms with Crippen molar-refractivity contribution in [2.24, 2.45) is 0 Å². The lowest BCUT2D eigenvalue weighted by molar-refractivity contribution is -0.140. The molecule has 0 radical (unpaired) electrons. The maximum Gasteiger partial charge on any atom is 0.305 e. The number of thioether (sulfide) groups is 1. The predicted octanol–water partition coefficient (Wildman–Crippen LogP) is 2.75. The zero-order valence-corrected chi connectivity index (χ0v) is 17.4. The van der Waals surface area contributed by atoms with E-state index in [4.69, 9.17) is 0 Å². The number of ether oxygens (including phenoxy) is 1. The van der Waals surface area contributed by atoms with E-state index in [0.29, 0.717) is 42.0 Å². The Morgan fingerprint density at radius 1 is 1.25 bits per heavy atom. The fourth-order valence-corrected chi connectivity index (χ4v) is 3.74. The van der Waals surface area contributed by atoms with Crippen LogP contribution in [-0.4, -0.2) is 40.3 Å². The van der Waals surface area contributed by atoms with Crippen molar-refractivity contribution in [1.82, 2.24) is 14.9 Å². The van der Waals surface area contributed by atoms with Gasteiger partial charge in [0.1, 0.15) is 0 Å². The summed E-state index contributed by atoms with van der Waals surface area (Å²) in [6.07, 6.45) is 2.61. The van der Waals surface area contributed by atoms with E-state index in [1.54, 1.807) is 23.6 Å². The highest BCUT2D eigenvalue weighted by atomic mass is 32.2. The molecule has 0 fully saturated rings. The van der Waals surface area contributed by atoms with Crippen LogP contribution in [0, 0.1) is 0 Å². The SMILES string of the molecule is CCNC(=O)[C@@H](C)Sc1nc2ccccc2c(=O)n1CCCCCC(=O)OC. The average Bonchev–Trinajstić information content (AvgIpc) is 2.69. The Bertz CT molecular complexity index is 881. The monoisotopic (exact) mass is 405 g/mol. The van der Waals surface area contributed by atoms with Gasteiger partial charge in [-0.2, -0.15) is 0 Å². The third-order valence-electron chi connectivity index (χ3n) is 4.32. The second kappa shape index (κ2) is 10.8. The third kappa shape index (κ3) is 5.82. The Kier molecular flexibility index (Phi) is 8.50. The first-order valence-electron chi connectivity index (χ1n) is 9.48. The van der Waals surface area contributed by atoms with Crippen LogP contribution in [0.3, 0.4) is 0 Å². The number of para-hydroxylation sites is 1. The molecule has 0 bridgehead atoms. The quantitative estimate of drug-likeness (QED) is 0.283. The van der Waals surface area contributed by atoms with Gasteiger partial charge in [0.25, 0.3) is 5.56 Å². The molecule has 7 nitrogen and oxygen atoms in total. The van der Waals surface area contributed by atoms with Gasteiger partial charge in [0.2, 0.25) is 5.91 Å². The van der Waals surface area contributed by atoms with Crippen LogP contribution in [0.4, 0.5) is 0 Å². The Hall–Kier alpha value is -2.35. The number of nitrogens with zero attached hydrogens (tertiary/aromatic N) is 2. The topological polar surface area (TPSA) is 90.3 Å². The first-order valence-corrected chi connectivity index (χ1v) is 10.4. The molecule has 1 heterocycles. The van der Waals surface area contributed by atoms with E-state index in [1.807, 2.05) is 19.1 Å². The molecule has 1 aromatic carbocycles. The van der Waals surface area contributed by atoms with Gasteiger partial charge in [-0.3, -0.25) is 19.0 Å². The molecule has 0 aliphatic heterocycles. The van der Waals surface area contributed by atoms with Gasteiger partial charge in [0.15, 0.2) is 5.16 Å². The van der Waals surface area contributed by atoms with Gasteiger partial charge >= 0.3 is 5.97 Å². The number of esters is 1.